The molecular formula is C16H13N3O2. The van der Waals surface area contributed by atoms with Gasteiger partial charge in [-0.3, -0.25) is 9.78 Å². The average molecular weight is 279 g/mol. The molecule has 0 aliphatic rings. The molecule has 0 unspecified atom stereocenters. The van der Waals surface area contributed by atoms with Crippen LogP contribution in [0.5, 0.6) is 0 Å². The minimum absolute atomic E-state index is 0.185. The van der Waals surface area contributed by atoms with Crippen LogP contribution in [0.25, 0.3) is 11.5 Å². The number of hydrogen-bond donors (Lipinski definition) is 1. The molecule has 0 fully saturated rings. The third-order valence-electron chi connectivity index (χ3n) is 2.91. The van der Waals surface area contributed by atoms with Crippen molar-refractivity contribution in [3.05, 3.63) is 72.4 Å². The molecule has 21 heavy (non-hydrogen) atoms. The van der Waals surface area contributed by atoms with Gasteiger partial charge in [-0.15, -0.1) is 0 Å². The summed E-state index contributed by atoms with van der Waals surface area (Å²) in [6, 6.07) is 15.0. The molecule has 1 amide bonds. The molecule has 1 aromatic carbocycles. The number of hydrogen-bond acceptors (Lipinski definition) is 4. The molecular weight excluding hydrogens is 266 g/mol. The van der Waals surface area contributed by atoms with Crippen LogP contribution in [0.3, 0.4) is 0 Å². The number of carbonyl (C=O) groups excluding carboxylic acids is 1. The van der Waals surface area contributed by atoms with Crippen LogP contribution in [0.4, 0.5) is 0 Å². The van der Waals surface area contributed by atoms with Gasteiger partial charge < -0.3 is 9.73 Å². The summed E-state index contributed by atoms with van der Waals surface area (Å²) in [6.07, 6.45) is 3.11. The Hall–Kier alpha value is -2.95. The van der Waals surface area contributed by atoms with Crippen molar-refractivity contribution in [2.24, 2.45) is 0 Å². The van der Waals surface area contributed by atoms with Crippen molar-refractivity contribution in [1.82, 2.24) is 15.3 Å². The predicted molar refractivity (Wildman–Crippen MR) is 77.3 cm³/mol. The van der Waals surface area contributed by atoms with Gasteiger partial charge in [0.2, 0.25) is 11.7 Å². The highest BCUT2D eigenvalue weighted by Crippen LogP contribution is 2.18. The van der Waals surface area contributed by atoms with Crippen molar-refractivity contribution < 1.29 is 9.21 Å². The summed E-state index contributed by atoms with van der Waals surface area (Å²) in [6.45, 7) is 0.348. The Morgan fingerprint density at radius 3 is 2.62 bits per heavy atom. The molecule has 5 heteroatoms. The minimum Gasteiger partial charge on any atom is -0.431 e. The van der Waals surface area contributed by atoms with E-state index < -0.39 is 0 Å². The molecule has 2 aromatic heterocycles. The third-order valence-corrected chi connectivity index (χ3v) is 2.91. The van der Waals surface area contributed by atoms with Gasteiger partial charge in [-0.25, -0.2) is 4.98 Å². The standard InChI is InChI=1S/C16H13N3O2/c20-15(18-10-13-8-4-5-9-17-13)14-11-19-16(21-14)12-6-2-1-3-7-12/h1-9,11H,10H2,(H,18,20). The Balaban J connectivity index is 1.67. The Labute approximate surface area is 121 Å². The van der Waals surface area contributed by atoms with E-state index in [0.717, 1.165) is 11.3 Å². The van der Waals surface area contributed by atoms with Crippen molar-refractivity contribution in [1.29, 1.82) is 0 Å². The number of nitrogens with zero attached hydrogens (tertiary/aromatic N) is 2. The van der Waals surface area contributed by atoms with Crippen LogP contribution in [-0.4, -0.2) is 15.9 Å². The first-order chi connectivity index (χ1) is 10.3. The Morgan fingerprint density at radius 2 is 1.86 bits per heavy atom. The fraction of sp³-hybridized carbons (Fsp3) is 0.0625. The number of rotatable bonds is 4. The first kappa shape index (κ1) is 13.1. The van der Waals surface area contributed by atoms with Crippen molar-refractivity contribution in [2.45, 2.75) is 6.54 Å². The summed E-state index contributed by atoms with van der Waals surface area (Å²) in [4.78, 5) is 20.2. The number of aromatic nitrogens is 2. The first-order valence-electron chi connectivity index (χ1n) is 6.52. The Kier molecular flexibility index (Phi) is 3.73. The lowest BCUT2D eigenvalue weighted by Gasteiger charge is -2.01. The molecule has 0 atom stereocenters. The molecule has 0 saturated carbocycles. The highest BCUT2D eigenvalue weighted by Gasteiger charge is 2.13. The number of pyridine rings is 1. The van der Waals surface area contributed by atoms with Crippen molar-refractivity contribution in [2.75, 3.05) is 0 Å². The van der Waals surface area contributed by atoms with Gasteiger partial charge in [0.15, 0.2) is 0 Å². The molecule has 104 valence electrons. The maximum atomic E-state index is 12.0. The quantitative estimate of drug-likeness (QED) is 0.797. The lowest BCUT2D eigenvalue weighted by molar-refractivity contribution is 0.0923. The van der Waals surface area contributed by atoms with Crippen LogP contribution in [-0.2, 0) is 6.54 Å². The smallest absolute Gasteiger partial charge is 0.289 e. The molecule has 0 radical (unpaired) electrons. The van der Waals surface area contributed by atoms with Gasteiger partial charge in [-0.2, -0.15) is 0 Å². The number of benzene rings is 1. The predicted octanol–water partition coefficient (Wildman–Crippen LogP) is 2.67. The minimum atomic E-state index is -0.310. The molecule has 3 aromatic rings. The highest BCUT2D eigenvalue weighted by molar-refractivity contribution is 5.91. The summed E-state index contributed by atoms with van der Waals surface area (Å²) >= 11 is 0. The van der Waals surface area contributed by atoms with E-state index in [1.807, 2.05) is 48.5 Å². The number of carbonyl (C=O) groups is 1. The van der Waals surface area contributed by atoms with Gasteiger partial charge in [0.1, 0.15) is 0 Å². The molecule has 0 aliphatic carbocycles. The van der Waals surface area contributed by atoms with E-state index in [9.17, 15) is 4.79 Å². The molecule has 0 aliphatic heterocycles. The summed E-state index contributed by atoms with van der Waals surface area (Å²) in [7, 11) is 0. The number of amides is 1. The summed E-state index contributed by atoms with van der Waals surface area (Å²) < 4.78 is 5.48. The maximum Gasteiger partial charge on any atom is 0.289 e. The van der Waals surface area contributed by atoms with Gasteiger partial charge in [-0.1, -0.05) is 24.3 Å². The lowest BCUT2D eigenvalue weighted by Crippen LogP contribution is -2.22. The number of nitrogens with one attached hydrogen (secondary N) is 1. The largest absolute Gasteiger partial charge is 0.431 e. The van der Waals surface area contributed by atoms with E-state index in [2.05, 4.69) is 15.3 Å². The molecule has 3 rings (SSSR count). The van der Waals surface area contributed by atoms with Crippen LogP contribution in [0.15, 0.2) is 65.3 Å². The molecule has 0 spiro atoms. The Morgan fingerprint density at radius 1 is 1.05 bits per heavy atom. The van der Waals surface area contributed by atoms with E-state index in [4.69, 9.17) is 4.42 Å². The van der Waals surface area contributed by atoms with Crippen LogP contribution in [0.1, 0.15) is 16.2 Å². The summed E-state index contributed by atoms with van der Waals surface area (Å²) in [5.41, 5.74) is 1.62. The van der Waals surface area contributed by atoms with Crippen LogP contribution >= 0.6 is 0 Å². The first-order valence-corrected chi connectivity index (χ1v) is 6.52. The molecule has 1 N–H and O–H groups in total. The van der Waals surface area contributed by atoms with Gasteiger partial charge in [0, 0.05) is 11.8 Å². The zero-order chi connectivity index (χ0) is 14.5. The lowest BCUT2D eigenvalue weighted by atomic mass is 10.2. The summed E-state index contributed by atoms with van der Waals surface area (Å²) in [5, 5.41) is 2.74. The topological polar surface area (TPSA) is 68.0 Å². The van der Waals surface area contributed by atoms with E-state index >= 15 is 0 Å². The number of oxazole rings is 1. The van der Waals surface area contributed by atoms with Crippen LogP contribution in [0, 0.1) is 0 Å². The normalized spacial score (nSPS) is 10.3. The SMILES string of the molecule is O=C(NCc1ccccn1)c1cnc(-c2ccccc2)o1. The molecule has 0 saturated heterocycles. The van der Waals surface area contributed by atoms with Gasteiger partial charge in [0.05, 0.1) is 18.4 Å². The summed E-state index contributed by atoms with van der Waals surface area (Å²) in [5.74, 6) is 0.304. The van der Waals surface area contributed by atoms with E-state index in [-0.39, 0.29) is 11.7 Å². The fourth-order valence-electron chi connectivity index (χ4n) is 1.85. The van der Waals surface area contributed by atoms with E-state index in [1.165, 1.54) is 6.20 Å². The molecule has 5 nitrogen and oxygen atoms in total. The van der Waals surface area contributed by atoms with Crippen LogP contribution in [0.2, 0.25) is 0 Å². The second-order valence-electron chi connectivity index (χ2n) is 4.40. The van der Waals surface area contributed by atoms with Crippen LogP contribution < -0.4 is 5.32 Å². The zero-order valence-electron chi connectivity index (χ0n) is 11.2. The second kappa shape index (κ2) is 6.00. The maximum absolute atomic E-state index is 12.0. The average Bonchev–Trinajstić information content (AvgIpc) is 3.04. The second-order valence-corrected chi connectivity index (χ2v) is 4.40. The third kappa shape index (κ3) is 3.14. The highest BCUT2D eigenvalue weighted by atomic mass is 16.4. The fourth-order valence-corrected chi connectivity index (χ4v) is 1.85. The Bertz CT molecular complexity index is 724. The monoisotopic (exact) mass is 279 g/mol. The zero-order valence-corrected chi connectivity index (χ0v) is 11.2. The van der Waals surface area contributed by atoms with E-state index in [0.29, 0.717) is 12.4 Å². The van der Waals surface area contributed by atoms with Gasteiger partial charge in [0.25, 0.3) is 5.91 Å². The van der Waals surface area contributed by atoms with Crippen molar-refractivity contribution in [3.8, 4) is 11.5 Å². The van der Waals surface area contributed by atoms with Crippen molar-refractivity contribution >= 4 is 5.91 Å². The van der Waals surface area contributed by atoms with Gasteiger partial charge in [-0.05, 0) is 24.3 Å². The molecule has 0 bridgehead atoms. The van der Waals surface area contributed by atoms with E-state index in [1.54, 1.807) is 6.20 Å². The van der Waals surface area contributed by atoms with Crippen molar-refractivity contribution in [3.63, 3.8) is 0 Å². The van der Waals surface area contributed by atoms with Gasteiger partial charge >= 0.3 is 0 Å². The molecule has 2 heterocycles.